The third-order valence-electron chi connectivity index (χ3n) is 8.46. The molecule has 1 atom stereocenters. The molecule has 1 aliphatic rings. The van der Waals surface area contributed by atoms with E-state index in [4.69, 9.17) is 11.6 Å². The van der Waals surface area contributed by atoms with Gasteiger partial charge in [0.1, 0.15) is 11.8 Å². The van der Waals surface area contributed by atoms with E-state index in [-0.39, 0.29) is 23.2 Å². The third kappa shape index (κ3) is 6.41. The van der Waals surface area contributed by atoms with Gasteiger partial charge in [-0.15, -0.1) is 5.10 Å². The van der Waals surface area contributed by atoms with Crippen molar-refractivity contribution in [1.82, 2.24) is 29.4 Å². The molecule has 0 amide bonds. The molecule has 1 unspecified atom stereocenters. The molecule has 5 aromatic rings. The number of hydrogen-bond acceptors (Lipinski definition) is 8. The number of pyridine rings is 2. The lowest BCUT2D eigenvalue weighted by Gasteiger charge is -2.40. The molecule has 6 rings (SSSR count). The average molecular weight is 622 g/mol. The van der Waals surface area contributed by atoms with Crippen LogP contribution >= 0.6 is 11.6 Å². The predicted molar refractivity (Wildman–Crippen MR) is 178 cm³/mol. The van der Waals surface area contributed by atoms with Gasteiger partial charge in [-0.2, -0.15) is 5.26 Å². The van der Waals surface area contributed by atoms with Gasteiger partial charge in [0, 0.05) is 55.2 Å². The number of nitrogens with one attached hydrogen (secondary N) is 2. The van der Waals surface area contributed by atoms with Crippen molar-refractivity contribution >= 4 is 39.6 Å². The molecule has 2 N–H and O–H groups in total. The van der Waals surface area contributed by atoms with Crippen molar-refractivity contribution < 1.29 is 0 Å². The van der Waals surface area contributed by atoms with E-state index in [1.807, 2.05) is 41.2 Å². The zero-order valence-corrected chi connectivity index (χ0v) is 26.6. The molecule has 3 aromatic heterocycles. The van der Waals surface area contributed by atoms with Crippen molar-refractivity contribution in [3.63, 3.8) is 0 Å². The SMILES string of the molecule is Cn1cc(Nc2c(C#N)cnc3c(Cl)cc(NC(c4ccccc4)c4cn(C5CCN(C(C)(C)C)CC5)nn4)cc23)ccc1=O. The number of likely N-dealkylation sites (tertiary alicyclic amines) is 1. The van der Waals surface area contributed by atoms with Gasteiger partial charge >= 0.3 is 0 Å². The van der Waals surface area contributed by atoms with Crippen LogP contribution in [-0.2, 0) is 7.05 Å². The van der Waals surface area contributed by atoms with Crippen molar-refractivity contribution in [2.45, 2.75) is 51.2 Å². The first-order valence-electron chi connectivity index (χ1n) is 15.0. The van der Waals surface area contributed by atoms with E-state index < -0.39 is 0 Å². The highest BCUT2D eigenvalue weighted by molar-refractivity contribution is 6.36. The molecule has 4 heterocycles. The number of hydrogen-bond donors (Lipinski definition) is 2. The molecular formula is C34H36ClN9O. The topological polar surface area (TPSA) is 117 Å². The fourth-order valence-electron chi connectivity index (χ4n) is 5.92. The van der Waals surface area contributed by atoms with Crippen molar-refractivity contribution in [1.29, 1.82) is 5.26 Å². The highest BCUT2D eigenvalue weighted by Gasteiger charge is 2.29. The Labute approximate surface area is 267 Å². The lowest BCUT2D eigenvalue weighted by atomic mass is 9.98. The lowest BCUT2D eigenvalue weighted by molar-refractivity contribution is 0.0866. The Bertz CT molecular complexity index is 1930. The number of halogens is 1. The minimum atomic E-state index is -0.310. The maximum absolute atomic E-state index is 12.0. The van der Waals surface area contributed by atoms with Crippen LogP contribution in [0.4, 0.5) is 17.1 Å². The fraction of sp³-hybridized carbons (Fsp3) is 0.324. The van der Waals surface area contributed by atoms with Crippen molar-refractivity contribution in [3.8, 4) is 6.07 Å². The molecule has 0 spiro atoms. The van der Waals surface area contributed by atoms with Crippen LogP contribution in [0.3, 0.4) is 0 Å². The number of aryl methyl sites for hydroxylation is 1. The second-order valence-corrected chi connectivity index (χ2v) is 12.9. The molecule has 230 valence electrons. The summed E-state index contributed by atoms with van der Waals surface area (Å²) in [6.45, 7) is 8.83. The Kier molecular flexibility index (Phi) is 8.32. The van der Waals surface area contributed by atoms with Gasteiger partial charge in [0.15, 0.2) is 0 Å². The molecule has 0 saturated carbocycles. The molecule has 2 aromatic carbocycles. The highest BCUT2D eigenvalue weighted by atomic mass is 35.5. The second kappa shape index (κ2) is 12.3. The molecule has 1 fully saturated rings. The normalized spacial score (nSPS) is 15.1. The van der Waals surface area contributed by atoms with Crippen LogP contribution in [0.1, 0.15) is 62.5 Å². The minimum absolute atomic E-state index is 0.130. The van der Waals surface area contributed by atoms with Crippen LogP contribution in [0, 0.1) is 11.3 Å². The van der Waals surface area contributed by atoms with E-state index in [0.29, 0.717) is 32.9 Å². The smallest absolute Gasteiger partial charge is 0.250 e. The summed E-state index contributed by atoms with van der Waals surface area (Å²) in [6, 6.07) is 19.2. The van der Waals surface area contributed by atoms with Gasteiger partial charge in [-0.1, -0.05) is 47.1 Å². The van der Waals surface area contributed by atoms with Crippen molar-refractivity contribution in [3.05, 3.63) is 105 Å². The Morgan fingerprint density at radius 1 is 1.04 bits per heavy atom. The Morgan fingerprint density at radius 3 is 2.49 bits per heavy atom. The van der Waals surface area contributed by atoms with E-state index in [2.05, 4.69) is 69.8 Å². The summed E-state index contributed by atoms with van der Waals surface area (Å²) in [7, 11) is 1.68. The van der Waals surface area contributed by atoms with E-state index >= 15 is 0 Å². The summed E-state index contributed by atoms with van der Waals surface area (Å²) >= 11 is 6.81. The van der Waals surface area contributed by atoms with Crippen LogP contribution in [0.25, 0.3) is 10.9 Å². The molecule has 45 heavy (non-hydrogen) atoms. The van der Waals surface area contributed by atoms with E-state index in [1.54, 1.807) is 19.3 Å². The zero-order chi connectivity index (χ0) is 31.7. The van der Waals surface area contributed by atoms with Gasteiger partial charge in [0.2, 0.25) is 5.56 Å². The Balaban J connectivity index is 1.35. The molecule has 0 radical (unpaired) electrons. The molecule has 1 saturated heterocycles. The maximum Gasteiger partial charge on any atom is 0.250 e. The van der Waals surface area contributed by atoms with Gasteiger partial charge in [-0.05, 0) is 57.4 Å². The number of benzene rings is 2. The number of nitrogens with zero attached hydrogens (tertiary/aromatic N) is 7. The highest BCUT2D eigenvalue weighted by Crippen LogP contribution is 2.37. The first-order valence-corrected chi connectivity index (χ1v) is 15.4. The van der Waals surface area contributed by atoms with Gasteiger partial charge in [0.05, 0.1) is 45.8 Å². The molecule has 0 aliphatic carbocycles. The molecule has 0 bridgehead atoms. The van der Waals surface area contributed by atoms with Crippen LogP contribution in [0.5, 0.6) is 0 Å². The van der Waals surface area contributed by atoms with E-state index in [1.165, 1.54) is 16.8 Å². The van der Waals surface area contributed by atoms with Crippen LogP contribution in [0.2, 0.25) is 5.02 Å². The van der Waals surface area contributed by atoms with E-state index in [9.17, 15) is 10.1 Å². The van der Waals surface area contributed by atoms with Crippen molar-refractivity contribution in [2.24, 2.45) is 7.05 Å². The summed E-state index contributed by atoms with van der Waals surface area (Å²) < 4.78 is 3.49. The first kappa shape index (κ1) is 30.3. The van der Waals surface area contributed by atoms with Gasteiger partial charge in [0.25, 0.3) is 0 Å². The third-order valence-corrected chi connectivity index (χ3v) is 8.74. The van der Waals surface area contributed by atoms with Gasteiger partial charge in [-0.25, -0.2) is 4.68 Å². The Morgan fingerprint density at radius 2 is 1.80 bits per heavy atom. The summed E-state index contributed by atoms with van der Waals surface area (Å²) in [4.78, 5) is 19.0. The second-order valence-electron chi connectivity index (χ2n) is 12.5. The summed E-state index contributed by atoms with van der Waals surface area (Å²) in [5.41, 5.74) is 4.68. The number of nitriles is 1. The van der Waals surface area contributed by atoms with E-state index in [0.717, 1.165) is 42.9 Å². The molecule has 10 nitrogen and oxygen atoms in total. The number of aromatic nitrogens is 5. The number of rotatable bonds is 7. The quantitative estimate of drug-likeness (QED) is 0.214. The average Bonchev–Trinajstić information content (AvgIpc) is 3.52. The fourth-order valence-corrected chi connectivity index (χ4v) is 6.19. The van der Waals surface area contributed by atoms with Crippen LogP contribution in [0.15, 0.2) is 78.0 Å². The minimum Gasteiger partial charge on any atom is -0.373 e. The van der Waals surface area contributed by atoms with Gasteiger partial charge < -0.3 is 15.2 Å². The first-order chi connectivity index (χ1) is 21.6. The predicted octanol–water partition coefficient (Wildman–Crippen LogP) is 6.43. The van der Waals surface area contributed by atoms with Crippen LogP contribution in [-0.4, -0.2) is 48.1 Å². The number of fused-ring (bicyclic) bond motifs is 1. The molecule has 11 heteroatoms. The summed E-state index contributed by atoms with van der Waals surface area (Å²) in [5, 5.41) is 27.2. The zero-order valence-electron chi connectivity index (χ0n) is 25.8. The monoisotopic (exact) mass is 621 g/mol. The van der Waals surface area contributed by atoms with Gasteiger partial charge in [-0.3, -0.25) is 14.7 Å². The van der Waals surface area contributed by atoms with Crippen molar-refractivity contribution in [2.75, 3.05) is 23.7 Å². The number of piperidine rings is 1. The molecule has 1 aliphatic heterocycles. The Hall–Kier alpha value is -4.72. The number of anilines is 3. The molecular weight excluding hydrogens is 586 g/mol. The summed E-state index contributed by atoms with van der Waals surface area (Å²) in [6.07, 6.45) is 7.27. The summed E-state index contributed by atoms with van der Waals surface area (Å²) in [5.74, 6) is 0. The van der Waals surface area contributed by atoms with Crippen LogP contribution < -0.4 is 16.2 Å². The maximum atomic E-state index is 12.0. The lowest BCUT2D eigenvalue weighted by Crippen LogP contribution is -2.46. The standard InChI is InChI=1S/C34H36ClN9O/c1-34(2,3)43-14-12-26(13-15-43)44-21-29(40-41-44)32(22-8-6-5-7-9-22)39-25-16-27-31(38-24-10-11-30(45)42(4)20-24)23(18-36)19-37-33(27)28(35)17-25/h5-11,16-17,19-21,26,32,39H,12-15H2,1-4H3,(H,37,38). The largest absolute Gasteiger partial charge is 0.373 e.